The monoisotopic (exact) mass is 405 g/mol. The van der Waals surface area contributed by atoms with Gasteiger partial charge < -0.3 is 11.1 Å². The summed E-state index contributed by atoms with van der Waals surface area (Å²) in [6.07, 6.45) is 4.33. The molecule has 4 aromatic rings. The van der Waals surface area contributed by atoms with Gasteiger partial charge in [-0.2, -0.15) is 0 Å². The van der Waals surface area contributed by atoms with E-state index >= 15 is 0 Å². The SMILES string of the molecule is Nc1c(C(=O)Nc2ccccc2)sc2nc(-c3cccs3)c3c(c12)CCCC3. The summed E-state index contributed by atoms with van der Waals surface area (Å²) in [5.41, 5.74) is 11.5. The van der Waals surface area contributed by atoms with Crippen LogP contribution in [0, 0.1) is 0 Å². The zero-order valence-corrected chi connectivity index (χ0v) is 16.8. The van der Waals surface area contributed by atoms with Crippen LogP contribution in [0.5, 0.6) is 0 Å². The second-order valence-electron chi connectivity index (χ2n) is 6.95. The Kier molecular flexibility index (Phi) is 4.37. The number of fused-ring (bicyclic) bond motifs is 3. The van der Waals surface area contributed by atoms with Crippen molar-refractivity contribution in [1.82, 2.24) is 4.98 Å². The summed E-state index contributed by atoms with van der Waals surface area (Å²) in [5.74, 6) is -0.172. The summed E-state index contributed by atoms with van der Waals surface area (Å²) in [6, 6.07) is 13.6. The third-order valence-corrected chi connectivity index (χ3v) is 7.16. The maximum Gasteiger partial charge on any atom is 0.267 e. The standard InChI is InChI=1S/C22H19N3OS2/c23-18-17-14-9-4-5-10-15(14)19(16-11-6-12-27-16)25-22(17)28-20(18)21(26)24-13-7-2-1-3-8-13/h1-3,6-8,11-12H,4-5,9-10,23H2,(H,24,26). The number of amides is 1. The summed E-state index contributed by atoms with van der Waals surface area (Å²) < 4.78 is 0. The van der Waals surface area contributed by atoms with Gasteiger partial charge in [0, 0.05) is 11.1 Å². The molecule has 140 valence electrons. The van der Waals surface area contributed by atoms with E-state index in [1.165, 1.54) is 33.8 Å². The molecule has 0 aliphatic heterocycles. The number of carbonyl (C=O) groups excluding carboxylic acids is 1. The number of hydrogen-bond acceptors (Lipinski definition) is 5. The maximum atomic E-state index is 12.9. The van der Waals surface area contributed by atoms with Gasteiger partial charge in [0.1, 0.15) is 9.71 Å². The number of para-hydroxylation sites is 1. The highest BCUT2D eigenvalue weighted by Gasteiger charge is 2.25. The largest absolute Gasteiger partial charge is 0.397 e. The van der Waals surface area contributed by atoms with E-state index in [-0.39, 0.29) is 5.91 Å². The highest BCUT2D eigenvalue weighted by molar-refractivity contribution is 7.21. The fraction of sp³-hybridized carbons (Fsp3) is 0.182. The number of rotatable bonds is 3. The quantitative estimate of drug-likeness (QED) is 0.457. The highest BCUT2D eigenvalue weighted by Crippen LogP contribution is 2.43. The van der Waals surface area contributed by atoms with Gasteiger partial charge in [0.05, 0.1) is 16.3 Å². The zero-order chi connectivity index (χ0) is 19.1. The number of anilines is 2. The Morgan fingerprint density at radius 1 is 1.04 bits per heavy atom. The van der Waals surface area contributed by atoms with Crippen LogP contribution in [0.3, 0.4) is 0 Å². The minimum absolute atomic E-state index is 0.172. The minimum atomic E-state index is -0.172. The van der Waals surface area contributed by atoms with Gasteiger partial charge in [-0.3, -0.25) is 4.79 Å². The predicted molar refractivity (Wildman–Crippen MR) is 118 cm³/mol. The fourth-order valence-corrected chi connectivity index (χ4v) is 5.67. The molecule has 1 aliphatic rings. The smallest absolute Gasteiger partial charge is 0.267 e. The molecule has 28 heavy (non-hydrogen) atoms. The van der Waals surface area contributed by atoms with Crippen LogP contribution in [0.4, 0.5) is 11.4 Å². The van der Waals surface area contributed by atoms with Crippen molar-refractivity contribution in [3.05, 3.63) is 63.8 Å². The molecule has 0 bridgehead atoms. The van der Waals surface area contributed by atoms with Gasteiger partial charge in [-0.05, 0) is 60.4 Å². The number of benzene rings is 1. The first-order chi connectivity index (χ1) is 13.7. The molecule has 1 aromatic carbocycles. The third kappa shape index (κ3) is 2.89. The molecule has 0 spiro atoms. The van der Waals surface area contributed by atoms with Gasteiger partial charge in [0.15, 0.2) is 0 Å². The normalized spacial score (nSPS) is 13.4. The van der Waals surface area contributed by atoms with E-state index in [1.54, 1.807) is 11.3 Å². The minimum Gasteiger partial charge on any atom is -0.397 e. The van der Waals surface area contributed by atoms with Gasteiger partial charge >= 0.3 is 0 Å². The van der Waals surface area contributed by atoms with Crippen molar-refractivity contribution < 1.29 is 4.79 Å². The van der Waals surface area contributed by atoms with E-state index in [1.807, 2.05) is 30.3 Å². The molecule has 5 rings (SSSR count). The first kappa shape index (κ1) is 17.4. The van der Waals surface area contributed by atoms with Crippen molar-refractivity contribution in [3.8, 4) is 10.6 Å². The zero-order valence-electron chi connectivity index (χ0n) is 15.2. The molecular weight excluding hydrogens is 386 g/mol. The van der Waals surface area contributed by atoms with Crippen LogP contribution in [-0.2, 0) is 12.8 Å². The van der Waals surface area contributed by atoms with E-state index in [4.69, 9.17) is 10.7 Å². The first-order valence-corrected chi connectivity index (χ1v) is 11.1. The fourth-order valence-electron chi connectivity index (χ4n) is 3.91. The Balaban J connectivity index is 1.65. The lowest BCUT2D eigenvalue weighted by molar-refractivity contribution is 0.103. The molecule has 6 heteroatoms. The molecule has 3 aromatic heterocycles. The lowest BCUT2D eigenvalue weighted by atomic mass is 9.88. The van der Waals surface area contributed by atoms with Crippen LogP contribution in [0.2, 0.25) is 0 Å². The summed E-state index contributed by atoms with van der Waals surface area (Å²) in [4.78, 5) is 20.4. The van der Waals surface area contributed by atoms with Crippen LogP contribution in [0.1, 0.15) is 33.6 Å². The molecule has 4 nitrogen and oxygen atoms in total. The summed E-state index contributed by atoms with van der Waals surface area (Å²) in [5, 5.41) is 6.01. The summed E-state index contributed by atoms with van der Waals surface area (Å²) in [7, 11) is 0. The number of hydrogen-bond donors (Lipinski definition) is 2. The molecule has 1 amide bonds. The number of thiophene rings is 2. The van der Waals surface area contributed by atoms with Crippen LogP contribution >= 0.6 is 22.7 Å². The molecule has 3 heterocycles. The summed E-state index contributed by atoms with van der Waals surface area (Å²) in [6.45, 7) is 0. The van der Waals surface area contributed by atoms with Gasteiger partial charge in [-0.25, -0.2) is 4.98 Å². The van der Waals surface area contributed by atoms with Gasteiger partial charge in [-0.15, -0.1) is 22.7 Å². The highest BCUT2D eigenvalue weighted by atomic mass is 32.1. The van der Waals surface area contributed by atoms with Gasteiger partial charge in [-0.1, -0.05) is 24.3 Å². The first-order valence-electron chi connectivity index (χ1n) is 9.36. The molecular formula is C22H19N3OS2. The Hall–Kier alpha value is -2.70. The van der Waals surface area contributed by atoms with Crippen molar-refractivity contribution in [3.63, 3.8) is 0 Å². The Morgan fingerprint density at radius 3 is 2.57 bits per heavy atom. The van der Waals surface area contributed by atoms with E-state index in [9.17, 15) is 4.79 Å². The maximum absolute atomic E-state index is 12.9. The predicted octanol–water partition coefficient (Wildman–Crippen LogP) is 5.74. The average molecular weight is 406 g/mol. The van der Waals surface area contributed by atoms with Crippen molar-refractivity contribution >= 4 is 50.2 Å². The lowest BCUT2D eigenvalue weighted by Gasteiger charge is -2.19. The number of nitrogens with zero attached hydrogens (tertiary/aromatic N) is 1. The number of nitrogens with two attached hydrogens (primary N) is 1. The molecule has 0 saturated heterocycles. The second kappa shape index (κ2) is 7.04. The van der Waals surface area contributed by atoms with Crippen molar-refractivity contribution in [2.75, 3.05) is 11.1 Å². The number of carbonyl (C=O) groups is 1. The van der Waals surface area contributed by atoms with Crippen molar-refractivity contribution in [2.24, 2.45) is 0 Å². The lowest BCUT2D eigenvalue weighted by Crippen LogP contribution is -2.12. The molecule has 3 N–H and O–H groups in total. The Labute approximate surface area is 171 Å². The van der Waals surface area contributed by atoms with E-state index in [2.05, 4.69) is 22.8 Å². The Morgan fingerprint density at radius 2 is 1.82 bits per heavy atom. The number of pyridine rings is 1. The average Bonchev–Trinajstić information content (AvgIpc) is 3.36. The molecule has 0 atom stereocenters. The number of aryl methyl sites for hydroxylation is 1. The molecule has 0 unspecified atom stereocenters. The molecule has 1 aliphatic carbocycles. The van der Waals surface area contributed by atoms with Crippen LogP contribution < -0.4 is 11.1 Å². The second-order valence-corrected chi connectivity index (χ2v) is 8.89. The molecule has 0 saturated carbocycles. The van der Waals surface area contributed by atoms with Crippen molar-refractivity contribution in [2.45, 2.75) is 25.7 Å². The van der Waals surface area contributed by atoms with E-state index < -0.39 is 0 Å². The van der Waals surface area contributed by atoms with Crippen LogP contribution in [0.15, 0.2) is 47.8 Å². The van der Waals surface area contributed by atoms with Gasteiger partial charge in [0.2, 0.25) is 0 Å². The molecule has 0 radical (unpaired) electrons. The topological polar surface area (TPSA) is 68.0 Å². The van der Waals surface area contributed by atoms with Gasteiger partial charge in [0.25, 0.3) is 5.91 Å². The third-order valence-electron chi connectivity index (χ3n) is 5.19. The number of nitrogens with one attached hydrogen (secondary N) is 1. The van der Waals surface area contributed by atoms with E-state index in [0.29, 0.717) is 10.6 Å². The van der Waals surface area contributed by atoms with E-state index in [0.717, 1.165) is 40.9 Å². The van der Waals surface area contributed by atoms with Crippen LogP contribution in [0.25, 0.3) is 20.8 Å². The van der Waals surface area contributed by atoms with Crippen molar-refractivity contribution in [1.29, 1.82) is 0 Å². The van der Waals surface area contributed by atoms with Crippen LogP contribution in [-0.4, -0.2) is 10.9 Å². The Bertz CT molecular complexity index is 1160. The molecule has 0 fully saturated rings. The summed E-state index contributed by atoms with van der Waals surface area (Å²) >= 11 is 3.10. The number of nitrogen functional groups attached to an aromatic ring is 1. The number of aromatic nitrogens is 1.